The molecule has 3 N–H and O–H groups in total. The van der Waals surface area contributed by atoms with E-state index in [9.17, 15) is 9.60 Å². The lowest BCUT2D eigenvalue weighted by Crippen LogP contribution is -2.44. The second kappa shape index (κ2) is 6.50. The second-order valence-corrected chi connectivity index (χ2v) is 5.31. The molecule has 1 aromatic heterocycles. The monoisotopic (exact) mass is 321 g/mol. The Kier molecular flexibility index (Phi) is 4.24. The minimum atomic E-state index is -1.20. The normalized spacial score (nSPS) is 12.1. The van der Waals surface area contributed by atoms with E-state index >= 15 is 0 Å². The van der Waals surface area contributed by atoms with Crippen molar-refractivity contribution in [3.63, 3.8) is 0 Å². The summed E-state index contributed by atoms with van der Waals surface area (Å²) in [4.78, 5) is 4.03. The molecule has 0 aliphatic rings. The minimum Gasteiger partial charge on any atom is -0.409 e. The molecule has 0 saturated carbocycles. The number of halogens is 1. The summed E-state index contributed by atoms with van der Waals surface area (Å²) >= 11 is 0. The molecule has 1 heterocycles. The number of hydrogen-bond acceptors (Lipinski definition) is 3. The van der Waals surface area contributed by atoms with E-state index in [4.69, 9.17) is 5.73 Å². The maximum atomic E-state index is 13.8. The highest BCUT2D eigenvalue weighted by molar-refractivity contribution is 5.98. The number of benzene rings is 2. The quantitative estimate of drug-likeness (QED) is 0.255. The van der Waals surface area contributed by atoms with Crippen LogP contribution in [0.25, 0.3) is 0 Å². The number of amidine groups is 1. The van der Waals surface area contributed by atoms with Crippen molar-refractivity contribution in [2.75, 3.05) is 0 Å². The van der Waals surface area contributed by atoms with E-state index in [1.807, 2.05) is 60.7 Å². The van der Waals surface area contributed by atoms with Gasteiger partial charge in [-0.1, -0.05) is 71.9 Å². The summed E-state index contributed by atoms with van der Waals surface area (Å²) in [5, 5.41) is 12.7. The molecule has 0 atom stereocenters. The van der Waals surface area contributed by atoms with E-state index < -0.39 is 11.4 Å². The first kappa shape index (κ1) is 15.7. The molecule has 0 spiro atoms. The highest BCUT2D eigenvalue weighted by Crippen LogP contribution is 2.38. The van der Waals surface area contributed by atoms with E-state index in [0.717, 1.165) is 11.1 Å². The summed E-state index contributed by atoms with van der Waals surface area (Å²) in [6, 6.07) is 23.0. The number of rotatable bonds is 4. The van der Waals surface area contributed by atoms with Gasteiger partial charge in [0.25, 0.3) is 0 Å². The van der Waals surface area contributed by atoms with Gasteiger partial charge in [0.2, 0.25) is 5.95 Å². The van der Waals surface area contributed by atoms with Gasteiger partial charge in [0, 0.05) is 0 Å². The number of hydrogen-bond donors (Lipinski definition) is 2. The smallest absolute Gasteiger partial charge is 0.213 e. The molecule has 0 aliphatic carbocycles. The van der Waals surface area contributed by atoms with Crippen molar-refractivity contribution in [1.82, 2.24) is 4.98 Å². The van der Waals surface area contributed by atoms with E-state index in [1.54, 1.807) is 12.1 Å². The van der Waals surface area contributed by atoms with Gasteiger partial charge in [-0.15, -0.1) is 0 Å². The minimum absolute atomic E-state index is 0.0852. The summed E-state index contributed by atoms with van der Waals surface area (Å²) in [5.41, 5.74) is 6.74. The van der Waals surface area contributed by atoms with Crippen molar-refractivity contribution in [3.05, 3.63) is 102 Å². The molecule has 0 bridgehead atoms. The third kappa shape index (κ3) is 2.50. The topological polar surface area (TPSA) is 71.5 Å². The number of pyridine rings is 1. The molecule has 120 valence electrons. The van der Waals surface area contributed by atoms with Crippen LogP contribution in [0.15, 0.2) is 84.0 Å². The van der Waals surface area contributed by atoms with Gasteiger partial charge in [0.1, 0.15) is 5.41 Å². The molecule has 3 aromatic rings. The molecule has 3 rings (SSSR count). The first-order valence-electron chi connectivity index (χ1n) is 7.41. The molecule has 0 saturated heterocycles. The number of nitrogens with zero attached hydrogens (tertiary/aromatic N) is 2. The fourth-order valence-corrected chi connectivity index (χ4v) is 2.96. The zero-order valence-electron chi connectivity index (χ0n) is 12.8. The molecule has 0 unspecified atom stereocenters. The second-order valence-electron chi connectivity index (χ2n) is 5.31. The zero-order chi connectivity index (χ0) is 17.0. The lowest BCUT2D eigenvalue weighted by molar-refractivity contribution is 0.314. The molecule has 0 amide bonds. The zero-order valence-corrected chi connectivity index (χ0v) is 12.8. The van der Waals surface area contributed by atoms with Crippen LogP contribution in [0, 0.1) is 5.95 Å². The van der Waals surface area contributed by atoms with Crippen LogP contribution in [0.3, 0.4) is 0 Å². The number of aromatic nitrogens is 1. The Balaban J connectivity index is 2.42. The fraction of sp³-hybridized carbons (Fsp3) is 0.0526. The van der Waals surface area contributed by atoms with Crippen LogP contribution < -0.4 is 5.73 Å². The lowest BCUT2D eigenvalue weighted by atomic mass is 9.70. The van der Waals surface area contributed by atoms with Crippen molar-refractivity contribution in [3.8, 4) is 0 Å². The van der Waals surface area contributed by atoms with E-state index in [2.05, 4.69) is 10.1 Å². The van der Waals surface area contributed by atoms with Crippen LogP contribution in [0.2, 0.25) is 0 Å². The summed E-state index contributed by atoms with van der Waals surface area (Å²) in [6.07, 6.45) is 0. The Morgan fingerprint density at radius 1 is 0.875 bits per heavy atom. The predicted molar refractivity (Wildman–Crippen MR) is 90.4 cm³/mol. The van der Waals surface area contributed by atoms with Crippen LogP contribution >= 0.6 is 0 Å². The van der Waals surface area contributed by atoms with Crippen molar-refractivity contribution in [2.24, 2.45) is 10.9 Å². The Morgan fingerprint density at radius 2 is 1.42 bits per heavy atom. The summed E-state index contributed by atoms with van der Waals surface area (Å²) < 4.78 is 13.8. The van der Waals surface area contributed by atoms with Crippen LogP contribution in [0.1, 0.15) is 16.8 Å². The van der Waals surface area contributed by atoms with Crippen molar-refractivity contribution in [1.29, 1.82) is 0 Å². The van der Waals surface area contributed by atoms with Gasteiger partial charge in [-0.2, -0.15) is 4.39 Å². The number of oxime groups is 1. The average Bonchev–Trinajstić information content (AvgIpc) is 2.64. The molecule has 5 heteroatoms. The maximum Gasteiger partial charge on any atom is 0.213 e. The third-order valence-electron chi connectivity index (χ3n) is 4.00. The van der Waals surface area contributed by atoms with E-state index in [-0.39, 0.29) is 5.84 Å². The van der Waals surface area contributed by atoms with Crippen molar-refractivity contribution in [2.45, 2.75) is 5.41 Å². The Hall–Kier alpha value is -3.21. The van der Waals surface area contributed by atoms with Gasteiger partial charge in [-0.05, 0) is 23.3 Å². The summed E-state index contributed by atoms with van der Waals surface area (Å²) in [6.45, 7) is 0. The molecule has 24 heavy (non-hydrogen) atoms. The van der Waals surface area contributed by atoms with Crippen LogP contribution in [-0.2, 0) is 5.41 Å². The lowest BCUT2D eigenvalue weighted by Gasteiger charge is -2.33. The van der Waals surface area contributed by atoms with Gasteiger partial charge in [-0.3, -0.25) is 0 Å². The first-order chi connectivity index (χ1) is 11.7. The molecule has 0 aliphatic heterocycles. The SMILES string of the molecule is NC(=NO)C(c1ccccc1)(c1ccccc1)c1cccc(F)n1. The highest BCUT2D eigenvalue weighted by atomic mass is 19.1. The average molecular weight is 321 g/mol. The summed E-state index contributed by atoms with van der Waals surface area (Å²) in [5.74, 6) is -0.715. The van der Waals surface area contributed by atoms with Crippen molar-refractivity contribution >= 4 is 5.84 Å². The van der Waals surface area contributed by atoms with Gasteiger partial charge in [0.05, 0.1) is 5.69 Å². The van der Waals surface area contributed by atoms with Gasteiger partial charge >= 0.3 is 0 Å². The molecule has 0 fully saturated rings. The van der Waals surface area contributed by atoms with Crippen molar-refractivity contribution < 1.29 is 9.60 Å². The molecule has 0 radical (unpaired) electrons. The summed E-state index contributed by atoms with van der Waals surface area (Å²) in [7, 11) is 0. The van der Waals surface area contributed by atoms with Crippen LogP contribution in [0.5, 0.6) is 0 Å². The largest absolute Gasteiger partial charge is 0.409 e. The highest BCUT2D eigenvalue weighted by Gasteiger charge is 2.42. The van der Waals surface area contributed by atoms with Gasteiger partial charge in [0.15, 0.2) is 5.84 Å². The van der Waals surface area contributed by atoms with E-state index in [0.29, 0.717) is 5.69 Å². The Morgan fingerprint density at radius 3 is 1.88 bits per heavy atom. The van der Waals surface area contributed by atoms with Gasteiger partial charge < -0.3 is 10.9 Å². The Labute approximate surface area is 139 Å². The number of nitrogens with two attached hydrogens (primary N) is 1. The molecule has 2 aromatic carbocycles. The van der Waals surface area contributed by atoms with Crippen LogP contribution in [-0.4, -0.2) is 16.0 Å². The standard InChI is InChI=1S/C19H16FN3O/c20-17-13-7-12-16(22-17)19(18(21)23-24,14-8-3-1-4-9-14)15-10-5-2-6-11-15/h1-13,24H,(H2,21,23). The van der Waals surface area contributed by atoms with Crippen LogP contribution in [0.4, 0.5) is 4.39 Å². The first-order valence-corrected chi connectivity index (χ1v) is 7.41. The third-order valence-corrected chi connectivity index (χ3v) is 4.00. The Bertz CT molecular complexity index is 811. The van der Waals surface area contributed by atoms with Gasteiger partial charge in [-0.25, -0.2) is 4.98 Å². The van der Waals surface area contributed by atoms with E-state index in [1.165, 1.54) is 6.07 Å². The maximum absolute atomic E-state index is 13.8. The molecular weight excluding hydrogens is 305 g/mol. The fourth-order valence-electron chi connectivity index (χ4n) is 2.96. The molecule has 4 nitrogen and oxygen atoms in total. The predicted octanol–water partition coefficient (Wildman–Crippen LogP) is 3.30. The molecular formula is C19H16FN3O.